The molecule has 1 aliphatic rings. The van der Waals surface area contributed by atoms with Crippen LogP contribution >= 0.6 is 0 Å². The molecule has 122 valence electrons. The van der Waals surface area contributed by atoms with Gasteiger partial charge in [-0.25, -0.2) is 8.78 Å². The van der Waals surface area contributed by atoms with Gasteiger partial charge in [-0.1, -0.05) is 0 Å². The summed E-state index contributed by atoms with van der Waals surface area (Å²) in [7, 11) is 0. The SMILES string of the molecule is NCCOCc1cc([C@@H]2OC(CO)=C(O)C2O)c(F)cc1F. The maximum atomic E-state index is 13.9. The Labute approximate surface area is 125 Å². The van der Waals surface area contributed by atoms with Gasteiger partial charge in [-0.3, -0.25) is 0 Å². The van der Waals surface area contributed by atoms with E-state index in [0.717, 1.165) is 6.07 Å². The molecule has 0 fully saturated rings. The van der Waals surface area contributed by atoms with Gasteiger partial charge >= 0.3 is 0 Å². The topological polar surface area (TPSA) is 105 Å². The minimum atomic E-state index is -1.54. The number of benzene rings is 1. The predicted molar refractivity (Wildman–Crippen MR) is 71.6 cm³/mol. The third kappa shape index (κ3) is 3.20. The second-order valence-corrected chi connectivity index (χ2v) is 4.76. The summed E-state index contributed by atoms with van der Waals surface area (Å²) in [5, 5.41) is 28.4. The zero-order valence-electron chi connectivity index (χ0n) is 11.6. The highest BCUT2D eigenvalue weighted by atomic mass is 19.1. The van der Waals surface area contributed by atoms with Gasteiger partial charge in [-0.05, 0) is 6.07 Å². The van der Waals surface area contributed by atoms with E-state index in [2.05, 4.69) is 0 Å². The van der Waals surface area contributed by atoms with Crippen molar-refractivity contribution in [3.8, 4) is 0 Å². The highest BCUT2D eigenvalue weighted by molar-refractivity contribution is 5.32. The van der Waals surface area contributed by atoms with Crippen LogP contribution in [0.15, 0.2) is 23.7 Å². The molecule has 1 aromatic carbocycles. The van der Waals surface area contributed by atoms with Crippen molar-refractivity contribution in [2.45, 2.75) is 18.8 Å². The molecule has 0 aliphatic carbocycles. The fraction of sp³-hybridized carbons (Fsp3) is 0.429. The zero-order valence-corrected chi connectivity index (χ0v) is 11.6. The lowest BCUT2D eigenvalue weighted by Gasteiger charge is -2.18. The second kappa shape index (κ2) is 7.01. The van der Waals surface area contributed by atoms with E-state index >= 15 is 0 Å². The fourth-order valence-corrected chi connectivity index (χ4v) is 2.15. The highest BCUT2D eigenvalue weighted by Gasteiger charge is 2.38. The van der Waals surface area contributed by atoms with E-state index in [1.54, 1.807) is 0 Å². The predicted octanol–water partition coefficient (Wildman–Crippen LogP) is 0.634. The Morgan fingerprint density at radius 1 is 1.27 bits per heavy atom. The van der Waals surface area contributed by atoms with E-state index < -0.39 is 36.2 Å². The lowest BCUT2D eigenvalue weighted by Crippen LogP contribution is -2.18. The summed E-state index contributed by atoms with van der Waals surface area (Å²) in [4.78, 5) is 0. The summed E-state index contributed by atoms with van der Waals surface area (Å²) >= 11 is 0. The minimum absolute atomic E-state index is 0.0672. The average molecular weight is 317 g/mol. The molecule has 22 heavy (non-hydrogen) atoms. The van der Waals surface area contributed by atoms with Crippen LogP contribution in [0.25, 0.3) is 0 Å². The standard InChI is InChI=1S/C14H17F2NO5/c15-9-4-10(16)8(3-7(9)6-21-2-1-17)14-13(20)12(19)11(5-18)22-14/h3-4,13-14,18-20H,1-2,5-6,17H2/t13?,14-/m0/s1. The van der Waals surface area contributed by atoms with Gasteiger partial charge in [0.05, 0.1) is 13.2 Å². The van der Waals surface area contributed by atoms with Crippen molar-refractivity contribution in [2.24, 2.45) is 5.73 Å². The number of ether oxygens (including phenoxy) is 2. The third-order valence-electron chi connectivity index (χ3n) is 3.26. The third-order valence-corrected chi connectivity index (χ3v) is 3.26. The van der Waals surface area contributed by atoms with Crippen LogP contribution in [-0.2, 0) is 16.1 Å². The maximum Gasteiger partial charge on any atom is 0.165 e. The first-order valence-electron chi connectivity index (χ1n) is 6.62. The first-order chi connectivity index (χ1) is 10.5. The molecule has 8 heteroatoms. The van der Waals surface area contributed by atoms with Gasteiger partial charge in [-0.15, -0.1) is 0 Å². The van der Waals surface area contributed by atoms with Gasteiger partial charge in [0, 0.05) is 23.7 Å². The molecule has 0 spiro atoms. The van der Waals surface area contributed by atoms with Crippen LogP contribution in [0.1, 0.15) is 17.2 Å². The first kappa shape index (κ1) is 16.6. The summed E-state index contributed by atoms with van der Waals surface area (Å²) in [6, 6.07) is 1.81. The van der Waals surface area contributed by atoms with Crippen molar-refractivity contribution < 1.29 is 33.6 Å². The first-order valence-corrected chi connectivity index (χ1v) is 6.62. The van der Waals surface area contributed by atoms with Crippen LogP contribution in [0, 0.1) is 11.6 Å². The summed E-state index contributed by atoms with van der Waals surface area (Å²) in [6.45, 7) is -0.288. The molecule has 0 bridgehead atoms. The van der Waals surface area contributed by atoms with Crippen LogP contribution in [0.5, 0.6) is 0 Å². The Morgan fingerprint density at radius 2 is 2.00 bits per heavy atom. The molecule has 1 heterocycles. The Kier molecular flexibility index (Phi) is 5.30. The summed E-state index contributed by atoms with van der Waals surface area (Å²) < 4.78 is 37.9. The van der Waals surface area contributed by atoms with E-state index in [-0.39, 0.29) is 36.6 Å². The summed E-state index contributed by atoms with van der Waals surface area (Å²) in [5.74, 6) is -2.55. The van der Waals surface area contributed by atoms with Crippen LogP contribution in [0.3, 0.4) is 0 Å². The van der Waals surface area contributed by atoms with E-state index in [9.17, 15) is 19.0 Å². The van der Waals surface area contributed by atoms with Crippen molar-refractivity contribution in [3.63, 3.8) is 0 Å². The smallest absolute Gasteiger partial charge is 0.165 e. The van der Waals surface area contributed by atoms with Crippen LogP contribution in [0.2, 0.25) is 0 Å². The minimum Gasteiger partial charge on any atom is -0.506 e. The Bertz CT molecular complexity index is 579. The van der Waals surface area contributed by atoms with E-state index in [0.29, 0.717) is 6.07 Å². The molecule has 0 saturated heterocycles. The van der Waals surface area contributed by atoms with Crippen LogP contribution in [0.4, 0.5) is 8.78 Å². The fourth-order valence-electron chi connectivity index (χ4n) is 2.15. The number of halogens is 2. The van der Waals surface area contributed by atoms with Crippen molar-refractivity contribution in [1.82, 2.24) is 0 Å². The molecular weight excluding hydrogens is 300 g/mol. The number of hydrogen-bond acceptors (Lipinski definition) is 6. The average Bonchev–Trinajstić information content (AvgIpc) is 2.77. The van der Waals surface area contributed by atoms with Gasteiger partial charge in [0.15, 0.2) is 23.7 Å². The van der Waals surface area contributed by atoms with Crippen LogP contribution in [-0.4, -0.2) is 41.2 Å². The molecule has 1 unspecified atom stereocenters. The summed E-state index contributed by atoms with van der Waals surface area (Å²) in [6.07, 6.45) is -2.81. The number of aliphatic hydroxyl groups excluding tert-OH is 3. The highest BCUT2D eigenvalue weighted by Crippen LogP contribution is 2.37. The number of aliphatic hydroxyl groups is 3. The van der Waals surface area contributed by atoms with Crippen molar-refractivity contribution in [1.29, 1.82) is 0 Å². The molecule has 2 atom stereocenters. The van der Waals surface area contributed by atoms with Gasteiger partial charge in [0.2, 0.25) is 0 Å². The van der Waals surface area contributed by atoms with E-state index in [4.69, 9.17) is 20.3 Å². The Hall–Kier alpha value is -1.74. The molecule has 5 N–H and O–H groups in total. The molecule has 6 nitrogen and oxygen atoms in total. The van der Waals surface area contributed by atoms with Crippen LogP contribution < -0.4 is 5.73 Å². The summed E-state index contributed by atoms with van der Waals surface area (Å²) in [5.41, 5.74) is 5.18. The lowest BCUT2D eigenvalue weighted by molar-refractivity contribution is 0.0299. The van der Waals surface area contributed by atoms with Crippen molar-refractivity contribution in [2.75, 3.05) is 19.8 Å². The largest absolute Gasteiger partial charge is 0.506 e. The molecule has 1 aromatic rings. The van der Waals surface area contributed by atoms with Gasteiger partial charge < -0.3 is 30.5 Å². The number of rotatable bonds is 6. The van der Waals surface area contributed by atoms with Gasteiger partial charge in [0.25, 0.3) is 0 Å². The molecular formula is C14H17F2NO5. The molecule has 1 aliphatic heterocycles. The quantitative estimate of drug-likeness (QED) is 0.574. The number of nitrogens with two attached hydrogens (primary N) is 1. The van der Waals surface area contributed by atoms with Crippen molar-refractivity contribution in [3.05, 3.63) is 46.4 Å². The van der Waals surface area contributed by atoms with E-state index in [1.807, 2.05) is 0 Å². The Balaban J connectivity index is 2.26. The molecule has 0 radical (unpaired) electrons. The lowest BCUT2D eigenvalue weighted by atomic mass is 10.0. The van der Waals surface area contributed by atoms with Gasteiger partial charge in [0.1, 0.15) is 18.2 Å². The molecule has 0 amide bonds. The monoisotopic (exact) mass is 317 g/mol. The Morgan fingerprint density at radius 3 is 2.59 bits per heavy atom. The molecule has 2 rings (SSSR count). The molecule has 0 aromatic heterocycles. The normalized spacial score (nSPS) is 21.3. The number of hydrogen-bond donors (Lipinski definition) is 4. The maximum absolute atomic E-state index is 13.9. The molecule has 0 saturated carbocycles. The zero-order chi connectivity index (χ0) is 16.3. The van der Waals surface area contributed by atoms with Crippen molar-refractivity contribution >= 4 is 0 Å². The second-order valence-electron chi connectivity index (χ2n) is 4.76. The van der Waals surface area contributed by atoms with E-state index in [1.165, 1.54) is 0 Å². The van der Waals surface area contributed by atoms with Gasteiger partial charge in [-0.2, -0.15) is 0 Å².